The van der Waals surface area contributed by atoms with Crippen LogP contribution in [-0.2, 0) is 20.7 Å². The summed E-state index contributed by atoms with van der Waals surface area (Å²) >= 11 is 0. The molecule has 0 fully saturated rings. The minimum atomic E-state index is -0.919. The Kier molecular flexibility index (Phi) is 10.9. The van der Waals surface area contributed by atoms with Crippen molar-refractivity contribution in [2.75, 3.05) is 6.54 Å². The fourth-order valence-electron chi connectivity index (χ4n) is 3.61. The number of rotatable bonds is 1. The highest BCUT2D eigenvalue weighted by molar-refractivity contribution is 5.94. The average Bonchev–Trinajstić information content (AvgIpc) is 3.26. The molecule has 9 heteroatoms. The van der Waals surface area contributed by atoms with E-state index < -0.39 is 30.1 Å². The number of carbonyl (C=O) groups excluding carboxylic acids is 3. The Morgan fingerprint density at radius 2 is 1.91 bits per heavy atom. The number of ether oxygens (including phenoxy) is 1. The van der Waals surface area contributed by atoms with Gasteiger partial charge < -0.3 is 24.9 Å². The van der Waals surface area contributed by atoms with Crippen molar-refractivity contribution in [1.82, 2.24) is 15.6 Å². The van der Waals surface area contributed by atoms with E-state index in [0.717, 1.165) is 5.57 Å². The van der Waals surface area contributed by atoms with Gasteiger partial charge in [0.15, 0.2) is 11.6 Å². The molecule has 1 aromatic heterocycles. The van der Waals surface area contributed by atoms with E-state index in [-0.39, 0.29) is 35.7 Å². The fourth-order valence-corrected chi connectivity index (χ4v) is 3.61. The van der Waals surface area contributed by atoms with Crippen molar-refractivity contribution in [3.8, 4) is 0 Å². The van der Waals surface area contributed by atoms with Crippen molar-refractivity contribution in [3.63, 3.8) is 0 Å². The summed E-state index contributed by atoms with van der Waals surface area (Å²) in [5.74, 6) is -1.40. The Morgan fingerprint density at radius 1 is 1.17 bits per heavy atom. The van der Waals surface area contributed by atoms with Crippen molar-refractivity contribution in [2.24, 2.45) is 11.8 Å². The fraction of sp³-hybridized carbons (Fsp3) is 0.538. The molecule has 1 aliphatic rings. The molecule has 3 N–H and O–H groups in total. The first-order chi connectivity index (χ1) is 16.6. The van der Waals surface area contributed by atoms with E-state index in [1.165, 1.54) is 19.3 Å². The first-order valence-corrected chi connectivity index (χ1v) is 12.0. The number of cyclic esters (lactones) is 1. The third-order valence-electron chi connectivity index (χ3n) is 5.62. The summed E-state index contributed by atoms with van der Waals surface area (Å²) in [4.78, 5) is 41.5. The predicted molar refractivity (Wildman–Crippen MR) is 131 cm³/mol. The van der Waals surface area contributed by atoms with E-state index in [0.29, 0.717) is 19.4 Å². The zero-order valence-electron chi connectivity index (χ0n) is 21.1. The second-order valence-corrected chi connectivity index (χ2v) is 9.22. The van der Waals surface area contributed by atoms with Crippen LogP contribution in [0.5, 0.6) is 0 Å². The van der Waals surface area contributed by atoms with E-state index in [2.05, 4.69) is 15.6 Å². The quantitative estimate of drug-likeness (QED) is 0.519. The molecule has 0 saturated heterocycles. The number of aliphatic hydroxyl groups is 1. The highest BCUT2D eigenvalue weighted by Gasteiger charge is 2.27. The number of nitrogens with zero attached hydrogens (tertiary/aromatic N) is 1. The summed E-state index contributed by atoms with van der Waals surface area (Å²) in [6, 6.07) is -0.919. The summed E-state index contributed by atoms with van der Waals surface area (Å²) in [5.41, 5.74) is 1.04. The van der Waals surface area contributed by atoms with Gasteiger partial charge in [-0.2, -0.15) is 0 Å². The van der Waals surface area contributed by atoms with Crippen LogP contribution in [0.25, 0.3) is 0 Å². The molecule has 0 aliphatic carbocycles. The van der Waals surface area contributed by atoms with Gasteiger partial charge in [-0.3, -0.25) is 9.59 Å². The Bertz CT molecular complexity index is 962. The SMILES string of the molecule is C/C1=C/CCC(O)Cc2nc(co2)C(=O)NC(C)C(=O)OC(C(C)C)C(C)C=CC(=O)NCC=C1. The number of nitrogens with one attached hydrogen (secondary N) is 2. The third kappa shape index (κ3) is 9.52. The summed E-state index contributed by atoms with van der Waals surface area (Å²) in [6.07, 6.45) is 10.3. The van der Waals surface area contributed by atoms with Crippen molar-refractivity contribution in [3.05, 3.63) is 53.8 Å². The van der Waals surface area contributed by atoms with Gasteiger partial charge in [-0.05, 0) is 38.7 Å². The normalized spacial score (nSPS) is 27.5. The molecule has 2 amide bonds. The Labute approximate surface area is 206 Å². The Morgan fingerprint density at radius 3 is 2.63 bits per heavy atom. The first kappa shape index (κ1) is 28.0. The molecule has 0 saturated carbocycles. The summed E-state index contributed by atoms with van der Waals surface area (Å²) < 4.78 is 11.0. The topological polar surface area (TPSA) is 131 Å². The van der Waals surface area contributed by atoms with Crippen LogP contribution in [0.2, 0.25) is 0 Å². The first-order valence-electron chi connectivity index (χ1n) is 12.0. The molecule has 2 bridgehead atoms. The number of fused-ring (bicyclic) bond motifs is 2. The van der Waals surface area contributed by atoms with E-state index >= 15 is 0 Å². The summed E-state index contributed by atoms with van der Waals surface area (Å²) in [7, 11) is 0. The van der Waals surface area contributed by atoms with Gasteiger partial charge in [-0.15, -0.1) is 0 Å². The van der Waals surface area contributed by atoms with E-state index in [1.54, 1.807) is 6.08 Å². The Balaban J connectivity index is 2.20. The van der Waals surface area contributed by atoms with Crippen LogP contribution in [0, 0.1) is 11.8 Å². The molecule has 4 unspecified atom stereocenters. The van der Waals surface area contributed by atoms with Crippen LogP contribution < -0.4 is 10.6 Å². The highest BCUT2D eigenvalue weighted by Crippen LogP contribution is 2.19. The van der Waals surface area contributed by atoms with Gasteiger partial charge in [0, 0.05) is 12.5 Å². The number of hydrogen-bond acceptors (Lipinski definition) is 7. The van der Waals surface area contributed by atoms with Crippen LogP contribution in [0.1, 0.15) is 63.8 Å². The van der Waals surface area contributed by atoms with Crippen LogP contribution in [0.4, 0.5) is 0 Å². The number of amides is 2. The Hall–Kier alpha value is -3.20. The van der Waals surface area contributed by atoms with Crippen LogP contribution in [0.3, 0.4) is 0 Å². The molecule has 192 valence electrons. The van der Waals surface area contributed by atoms with Crippen molar-refractivity contribution in [2.45, 2.75) is 72.1 Å². The standard InChI is InChI=1S/C26H37N3O6/c1-16(2)24-18(4)11-12-22(31)27-13-7-9-17(3)8-6-10-20(30)14-23-29-21(15-34-23)25(32)28-19(5)26(33)35-24/h7-9,11-12,15-16,18-20,24,30H,6,10,13-14H2,1-5H3,(H,27,31)(H,28,32)/b9-7?,12-11?,17-8-. The molecule has 2 rings (SSSR count). The van der Waals surface area contributed by atoms with Crippen LogP contribution in [-0.4, -0.2) is 52.7 Å². The molecule has 0 aromatic carbocycles. The van der Waals surface area contributed by atoms with Gasteiger partial charge in [-0.1, -0.05) is 50.6 Å². The minimum absolute atomic E-state index is 0.0127. The number of esters is 1. The minimum Gasteiger partial charge on any atom is -0.460 e. The second-order valence-electron chi connectivity index (χ2n) is 9.22. The molecule has 1 aliphatic heterocycles. The number of aliphatic hydroxyl groups excluding tert-OH is 1. The number of allylic oxidation sites excluding steroid dienone is 3. The number of hydrogen-bond donors (Lipinski definition) is 3. The molecular weight excluding hydrogens is 450 g/mol. The largest absolute Gasteiger partial charge is 0.460 e. The lowest BCUT2D eigenvalue weighted by molar-refractivity contribution is -0.155. The van der Waals surface area contributed by atoms with E-state index in [4.69, 9.17) is 9.15 Å². The number of oxazole rings is 1. The van der Waals surface area contributed by atoms with E-state index in [1.807, 2.05) is 45.9 Å². The van der Waals surface area contributed by atoms with Gasteiger partial charge in [0.05, 0.1) is 12.5 Å². The van der Waals surface area contributed by atoms with E-state index in [9.17, 15) is 19.5 Å². The monoisotopic (exact) mass is 487 g/mol. The lowest BCUT2D eigenvalue weighted by Crippen LogP contribution is -2.42. The molecular formula is C26H37N3O6. The molecule has 4 atom stereocenters. The smallest absolute Gasteiger partial charge is 0.328 e. The molecule has 1 aromatic rings. The zero-order valence-corrected chi connectivity index (χ0v) is 21.1. The van der Waals surface area contributed by atoms with Crippen LogP contribution in [0.15, 0.2) is 46.6 Å². The second kappa shape index (κ2) is 13.6. The summed E-state index contributed by atoms with van der Waals surface area (Å²) in [5, 5.41) is 15.6. The molecule has 35 heavy (non-hydrogen) atoms. The van der Waals surface area contributed by atoms with Gasteiger partial charge in [0.25, 0.3) is 5.91 Å². The summed E-state index contributed by atoms with van der Waals surface area (Å²) in [6.45, 7) is 9.56. The number of aromatic nitrogens is 1. The molecule has 0 spiro atoms. The molecule has 2 heterocycles. The lowest BCUT2D eigenvalue weighted by Gasteiger charge is -2.27. The van der Waals surface area contributed by atoms with Gasteiger partial charge in [-0.25, -0.2) is 9.78 Å². The zero-order chi connectivity index (χ0) is 26.0. The molecule has 0 radical (unpaired) electrons. The van der Waals surface area contributed by atoms with Crippen molar-refractivity contribution in [1.29, 1.82) is 0 Å². The van der Waals surface area contributed by atoms with Crippen molar-refractivity contribution >= 4 is 17.8 Å². The van der Waals surface area contributed by atoms with Crippen LogP contribution >= 0.6 is 0 Å². The maximum Gasteiger partial charge on any atom is 0.328 e. The number of carbonyl (C=O) groups is 3. The average molecular weight is 488 g/mol. The van der Waals surface area contributed by atoms with Gasteiger partial charge in [0.1, 0.15) is 18.4 Å². The third-order valence-corrected chi connectivity index (χ3v) is 5.62. The van der Waals surface area contributed by atoms with Gasteiger partial charge in [0.2, 0.25) is 5.91 Å². The predicted octanol–water partition coefficient (Wildman–Crippen LogP) is 2.87. The lowest BCUT2D eigenvalue weighted by atomic mass is 9.94. The van der Waals surface area contributed by atoms with Crippen molar-refractivity contribution < 1.29 is 28.6 Å². The molecule has 9 nitrogen and oxygen atoms in total. The maximum atomic E-state index is 12.7. The van der Waals surface area contributed by atoms with Gasteiger partial charge >= 0.3 is 5.97 Å². The highest BCUT2D eigenvalue weighted by atomic mass is 16.5. The maximum absolute atomic E-state index is 12.7.